The maximum atomic E-state index is 11.7. The molecule has 2 nitrogen and oxygen atoms in total. The van der Waals surface area contributed by atoms with Crippen LogP contribution in [0.25, 0.3) is 0 Å². The van der Waals surface area contributed by atoms with Crippen LogP contribution in [0, 0.1) is 0 Å². The number of hydrogen-bond acceptors (Lipinski definition) is 2. The zero-order valence-corrected chi connectivity index (χ0v) is 10.5. The van der Waals surface area contributed by atoms with E-state index in [0.29, 0.717) is 24.3 Å². The van der Waals surface area contributed by atoms with Crippen LogP contribution in [0.2, 0.25) is 0 Å². The molecule has 3 heteroatoms. The molecule has 0 spiro atoms. The van der Waals surface area contributed by atoms with Crippen molar-refractivity contribution in [1.29, 1.82) is 0 Å². The Morgan fingerprint density at radius 3 is 2.56 bits per heavy atom. The minimum absolute atomic E-state index is 0.261. The largest absolute Gasteiger partial charge is 0.300 e. The third-order valence-electron chi connectivity index (χ3n) is 2.39. The average molecular weight is 238 g/mol. The zero-order valence-electron chi connectivity index (χ0n) is 9.65. The standard InChI is InChI=1S/C13H18O2S/c1-2-13(14)9-6-10-16(15)11-12-7-4-3-5-8-12/h3-5,7-8H,2,6,9-11H2,1H3. The Balaban J connectivity index is 2.24. The molecule has 0 aliphatic carbocycles. The van der Waals surface area contributed by atoms with Gasteiger partial charge in [0.25, 0.3) is 0 Å². The van der Waals surface area contributed by atoms with Gasteiger partial charge in [-0.05, 0) is 12.0 Å². The second-order valence-electron chi connectivity index (χ2n) is 3.77. The molecule has 1 unspecified atom stereocenters. The smallest absolute Gasteiger partial charge is 0.132 e. The van der Waals surface area contributed by atoms with Crippen molar-refractivity contribution < 1.29 is 9.00 Å². The maximum absolute atomic E-state index is 11.7. The van der Waals surface area contributed by atoms with Gasteiger partial charge in [0.1, 0.15) is 5.78 Å². The van der Waals surface area contributed by atoms with Crippen molar-refractivity contribution in [1.82, 2.24) is 0 Å². The average Bonchev–Trinajstić information content (AvgIpc) is 2.30. The highest BCUT2D eigenvalue weighted by molar-refractivity contribution is 7.84. The number of carbonyl (C=O) groups is 1. The summed E-state index contributed by atoms with van der Waals surface area (Å²) in [5.41, 5.74) is 1.10. The van der Waals surface area contributed by atoms with Gasteiger partial charge >= 0.3 is 0 Å². The lowest BCUT2D eigenvalue weighted by Gasteiger charge is -2.02. The van der Waals surface area contributed by atoms with Crippen molar-refractivity contribution in [3.63, 3.8) is 0 Å². The molecule has 0 amide bonds. The van der Waals surface area contributed by atoms with Crippen LogP contribution in [0.5, 0.6) is 0 Å². The summed E-state index contributed by atoms with van der Waals surface area (Å²) in [6.07, 6.45) is 1.90. The van der Waals surface area contributed by atoms with Crippen molar-refractivity contribution in [2.75, 3.05) is 5.75 Å². The number of benzene rings is 1. The second-order valence-corrected chi connectivity index (χ2v) is 5.35. The maximum Gasteiger partial charge on any atom is 0.132 e. The third-order valence-corrected chi connectivity index (χ3v) is 3.79. The van der Waals surface area contributed by atoms with Crippen LogP contribution in [-0.2, 0) is 21.3 Å². The first kappa shape index (κ1) is 13.1. The van der Waals surface area contributed by atoms with E-state index in [1.807, 2.05) is 37.3 Å². The molecule has 0 bridgehead atoms. The summed E-state index contributed by atoms with van der Waals surface area (Å²) in [5.74, 6) is 1.48. The highest BCUT2D eigenvalue weighted by Gasteiger charge is 2.03. The summed E-state index contributed by atoms with van der Waals surface area (Å²) in [4.78, 5) is 11.1. The van der Waals surface area contributed by atoms with Crippen molar-refractivity contribution >= 4 is 16.6 Å². The predicted molar refractivity (Wildman–Crippen MR) is 67.7 cm³/mol. The number of carbonyl (C=O) groups excluding carboxylic acids is 1. The molecule has 16 heavy (non-hydrogen) atoms. The molecule has 0 radical (unpaired) electrons. The molecule has 0 aliphatic heterocycles. The molecular formula is C13H18O2S. The van der Waals surface area contributed by atoms with Crippen LogP contribution in [0.1, 0.15) is 31.7 Å². The highest BCUT2D eigenvalue weighted by atomic mass is 32.2. The molecular weight excluding hydrogens is 220 g/mol. The van der Waals surface area contributed by atoms with Crippen LogP contribution in [0.3, 0.4) is 0 Å². The Labute approximate surface area is 99.5 Å². The van der Waals surface area contributed by atoms with Gasteiger partial charge in [0.15, 0.2) is 0 Å². The van der Waals surface area contributed by atoms with Crippen molar-refractivity contribution in [3.05, 3.63) is 35.9 Å². The molecule has 1 rings (SSSR count). The third kappa shape index (κ3) is 5.21. The highest BCUT2D eigenvalue weighted by Crippen LogP contribution is 2.05. The van der Waals surface area contributed by atoms with E-state index in [0.717, 1.165) is 12.0 Å². The molecule has 0 heterocycles. The number of ketones is 1. The van der Waals surface area contributed by atoms with Crippen molar-refractivity contribution in [2.45, 2.75) is 31.9 Å². The number of Topliss-reactive ketones (excluding diaryl/α,β-unsaturated/α-hetero) is 1. The summed E-state index contributed by atoms with van der Waals surface area (Å²) in [6.45, 7) is 1.86. The monoisotopic (exact) mass is 238 g/mol. The molecule has 1 atom stereocenters. The van der Waals surface area contributed by atoms with E-state index in [1.54, 1.807) is 0 Å². The van der Waals surface area contributed by atoms with Gasteiger partial charge in [-0.15, -0.1) is 0 Å². The van der Waals surface area contributed by atoms with E-state index in [1.165, 1.54) is 0 Å². The Bertz CT molecular complexity index is 346. The van der Waals surface area contributed by atoms with Crippen molar-refractivity contribution in [3.8, 4) is 0 Å². The second kappa shape index (κ2) is 7.34. The van der Waals surface area contributed by atoms with E-state index in [4.69, 9.17) is 0 Å². The van der Waals surface area contributed by atoms with Gasteiger partial charge in [0, 0.05) is 35.1 Å². The fourth-order valence-electron chi connectivity index (χ4n) is 1.44. The van der Waals surface area contributed by atoms with Gasteiger partial charge in [0.2, 0.25) is 0 Å². The van der Waals surface area contributed by atoms with Crippen LogP contribution in [-0.4, -0.2) is 15.7 Å². The molecule has 0 N–H and O–H groups in total. The van der Waals surface area contributed by atoms with Gasteiger partial charge < -0.3 is 0 Å². The number of rotatable bonds is 7. The summed E-state index contributed by atoms with van der Waals surface area (Å²) >= 11 is 0. The SMILES string of the molecule is CCC(=O)CCCS(=O)Cc1ccccc1. The molecule has 0 aliphatic rings. The first-order valence-corrected chi connectivity index (χ1v) is 7.11. The molecule has 0 fully saturated rings. The summed E-state index contributed by atoms with van der Waals surface area (Å²) in [6, 6.07) is 9.82. The van der Waals surface area contributed by atoms with E-state index < -0.39 is 10.8 Å². The minimum atomic E-state index is -0.842. The van der Waals surface area contributed by atoms with Gasteiger partial charge in [-0.2, -0.15) is 0 Å². The predicted octanol–water partition coefficient (Wildman–Crippen LogP) is 2.69. The lowest BCUT2D eigenvalue weighted by Crippen LogP contribution is -2.04. The minimum Gasteiger partial charge on any atom is -0.300 e. The fourth-order valence-corrected chi connectivity index (χ4v) is 2.61. The van der Waals surface area contributed by atoms with Crippen LogP contribution < -0.4 is 0 Å². The van der Waals surface area contributed by atoms with Crippen LogP contribution in [0.15, 0.2) is 30.3 Å². The lowest BCUT2D eigenvalue weighted by atomic mass is 10.2. The van der Waals surface area contributed by atoms with Crippen molar-refractivity contribution in [2.24, 2.45) is 0 Å². The normalized spacial score (nSPS) is 12.3. The van der Waals surface area contributed by atoms with E-state index in [9.17, 15) is 9.00 Å². The molecule has 1 aromatic carbocycles. The van der Waals surface area contributed by atoms with Gasteiger partial charge in [-0.1, -0.05) is 37.3 Å². The molecule has 1 aromatic rings. The van der Waals surface area contributed by atoms with Gasteiger partial charge in [-0.3, -0.25) is 9.00 Å². The Hall–Kier alpha value is -0.960. The van der Waals surface area contributed by atoms with Gasteiger partial charge in [0.05, 0.1) is 0 Å². The topological polar surface area (TPSA) is 34.1 Å². The van der Waals surface area contributed by atoms with Gasteiger partial charge in [-0.25, -0.2) is 0 Å². The summed E-state index contributed by atoms with van der Waals surface area (Å²) in [5, 5.41) is 0. The summed E-state index contributed by atoms with van der Waals surface area (Å²) in [7, 11) is -0.842. The van der Waals surface area contributed by atoms with Crippen LogP contribution in [0.4, 0.5) is 0 Å². The first-order valence-electron chi connectivity index (χ1n) is 5.63. The Morgan fingerprint density at radius 2 is 1.94 bits per heavy atom. The number of hydrogen-bond donors (Lipinski definition) is 0. The fraction of sp³-hybridized carbons (Fsp3) is 0.462. The molecule has 0 aromatic heterocycles. The van der Waals surface area contributed by atoms with E-state index in [-0.39, 0.29) is 5.78 Å². The quantitative estimate of drug-likeness (QED) is 0.732. The first-order chi connectivity index (χ1) is 7.72. The molecule has 88 valence electrons. The zero-order chi connectivity index (χ0) is 11.8. The van der Waals surface area contributed by atoms with E-state index >= 15 is 0 Å². The Kier molecular flexibility index (Phi) is 6.01. The summed E-state index contributed by atoms with van der Waals surface area (Å²) < 4.78 is 11.7. The lowest BCUT2D eigenvalue weighted by molar-refractivity contribution is -0.118. The van der Waals surface area contributed by atoms with Crippen LogP contribution >= 0.6 is 0 Å². The Morgan fingerprint density at radius 1 is 1.25 bits per heavy atom. The molecule has 0 saturated heterocycles. The van der Waals surface area contributed by atoms with E-state index in [2.05, 4.69) is 0 Å². The molecule has 0 saturated carbocycles.